The van der Waals surface area contributed by atoms with Crippen LogP contribution < -0.4 is 5.32 Å². The number of H-pyrrole nitrogens is 1. The molecule has 1 amide bonds. The summed E-state index contributed by atoms with van der Waals surface area (Å²) in [5.41, 5.74) is 2.82. The number of hydrogen-bond acceptors (Lipinski definition) is 3. The molecule has 5 nitrogen and oxygen atoms in total. The van der Waals surface area contributed by atoms with Gasteiger partial charge in [0.2, 0.25) is 0 Å². The number of amides is 1. The first-order chi connectivity index (χ1) is 12.2. The smallest absolute Gasteiger partial charge is 0.267 e. The molecule has 0 spiro atoms. The number of carbonyl (C=O) groups excluding carboxylic acids is 1. The van der Waals surface area contributed by atoms with E-state index in [1.54, 1.807) is 6.20 Å². The predicted octanol–water partition coefficient (Wildman–Crippen LogP) is 2.99. The van der Waals surface area contributed by atoms with Gasteiger partial charge in [-0.3, -0.25) is 14.7 Å². The summed E-state index contributed by atoms with van der Waals surface area (Å²) in [5.74, 6) is 0.346. The first-order valence-corrected chi connectivity index (χ1v) is 8.68. The third kappa shape index (κ3) is 3.15. The second-order valence-corrected chi connectivity index (χ2v) is 6.74. The van der Waals surface area contributed by atoms with Crippen molar-refractivity contribution in [3.8, 4) is 0 Å². The molecule has 2 N–H and O–H groups in total. The Kier molecular flexibility index (Phi) is 4.24. The van der Waals surface area contributed by atoms with Crippen molar-refractivity contribution < 1.29 is 4.79 Å². The van der Waals surface area contributed by atoms with Gasteiger partial charge in [0.15, 0.2) is 0 Å². The molecule has 4 rings (SSSR count). The summed E-state index contributed by atoms with van der Waals surface area (Å²) < 4.78 is 0. The molecule has 1 fully saturated rings. The summed E-state index contributed by atoms with van der Waals surface area (Å²) >= 11 is 0. The first-order valence-electron chi connectivity index (χ1n) is 8.68. The Labute approximate surface area is 147 Å². The van der Waals surface area contributed by atoms with Crippen LogP contribution in [0.5, 0.6) is 0 Å². The van der Waals surface area contributed by atoms with Gasteiger partial charge in [0.05, 0.1) is 0 Å². The van der Waals surface area contributed by atoms with Gasteiger partial charge >= 0.3 is 0 Å². The van der Waals surface area contributed by atoms with Crippen LogP contribution in [-0.2, 0) is 0 Å². The topological polar surface area (TPSA) is 61.0 Å². The summed E-state index contributed by atoms with van der Waals surface area (Å²) in [4.78, 5) is 22.3. The summed E-state index contributed by atoms with van der Waals surface area (Å²) in [6.07, 6.45) is 4.80. The molecule has 128 valence electrons. The highest BCUT2D eigenvalue weighted by atomic mass is 16.1. The van der Waals surface area contributed by atoms with E-state index in [1.807, 2.05) is 42.6 Å². The zero-order valence-corrected chi connectivity index (χ0v) is 14.3. The number of aromatic nitrogens is 2. The molecule has 1 aliphatic heterocycles. The quantitative estimate of drug-likeness (QED) is 0.771. The van der Waals surface area contributed by atoms with Gasteiger partial charge < -0.3 is 10.3 Å². The first kappa shape index (κ1) is 15.8. The number of hydrogen-bond donors (Lipinski definition) is 2. The summed E-state index contributed by atoms with van der Waals surface area (Å²) in [6.45, 7) is 1.70. The molecule has 3 aromatic rings. The lowest BCUT2D eigenvalue weighted by Gasteiger charge is -2.25. The van der Waals surface area contributed by atoms with Gasteiger partial charge in [0.1, 0.15) is 5.69 Å². The van der Waals surface area contributed by atoms with E-state index in [0.29, 0.717) is 24.2 Å². The fourth-order valence-electron chi connectivity index (χ4n) is 3.83. The average molecular weight is 334 g/mol. The van der Waals surface area contributed by atoms with Crippen molar-refractivity contribution in [3.63, 3.8) is 0 Å². The molecule has 1 aromatic carbocycles. The van der Waals surface area contributed by atoms with Gasteiger partial charge in [-0.25, -0.2) is 0 Å². The van der Waals surface area contributed by atoms with Gasteiger partial charge in [-0.2, -0.15) is 0 Å². The van der Waals surface area contributed by atoms with E-state index in [4.69, 9.17) is 0 Å². The van der Waals surface area contributed by atoms with Crippen molar-refractivity contribution in [2.75, 3.05) is 20.1 Å². The van der Waals surface area contributed by atoms with Crippen LogP contribution >= 0.6 is 0 Å². The fraction of sp³-hybridized carbons (Fsp3) is 0.300. The third-order valence-electron chi connectivity index (χ3n) is 5.10. The van der Waals surface area contributed by atoms with Crippen LogP contribution in [0, 0.1) is 5.92 Å². The molecule has 0 bridgehead atoms. The Bertz CT molecular complexity index is 841. The van der Waals surface area contributed by atoms with E-state index >= 15 is 0 Å². The third-order valence-corrected chi connectivity index (χ3v) is 5.10. The second kappa shape index (κ2) is 6.69. The Morgan fingerprint density at radius 3 is 3.00 bits per heavy atom. The van der Waals surface area contributed by atoms with Crippen molar-refractivity contribution in [3.05, 3.63) is 66.1 Å². The maximum atomic E-state index is 12.5. The number of pyridine rings is 1. The molecule has 2 aromatic heterocycles. The summed E-state index contributed by atoms with van der Waals surface area (Å²) in [7, 11) is 2.14. The van der Waals surface area contributed by atoms with E-state index in [1.165, 1.54) is 5.56 Å². The number of carbonyl (C=O) groups is 1. The van der Waals surface area contributed by atoms with Crippen LogP contribution in [0.1, 0.15) is 28.5 Å². The van der Waals surface area contributed by atoms with Crippen molar-refractivity contribution in [2.24, 2.45) is 5.92 Å². The van der Waals surface area contributed by atoms with Gasteiger partial charge in [0, 0.05) is 35.9 Å². The van der Waals surface area contributed by atoms with Crippen LogP contribution in [0.4, 0.5) is 0 Å². The zero-order valence-electron chi connectivity index (χ0n) is 14.3. The highest BCUT2D eigenvalue weighted by Gasteiger charge is 2.33. The summed E-state index contributed by atoms with van der Waals surface area (Å²) in [6, 6.07) is 14.2. The lowest BCUT2D eigenvalue weighted by atomic mass is 9.95. The Morgan fingerprint density at radius 1 is 1.32 bits per heavy atom. The molecule has 2 atom stereocenters. The van der Waals surface area contributed by atoms with Crippen LogP contribution in [0.3, 0.4) is 0 Å². The number of nitrogens with one attached hydrogen (secondary N) is 2. The largest absolute Gasteiger partial charge is 0.351 e. The minimum absolute atomic E-state index is 0.0457. The minimum Gasteiger partial charge on any atom is -0.351 e. The van der Waals surface area contributed by atoms with Crippen LogP contribution in [0.25, 0.3) is 10.9 Å². The number of likely N-dealkylation sites (tertiary alicyclic amines) is 1. The Morgan fingerprint density at radius 2 is 2.20 bits per heavy atom. The Hall–Kier alpha value is -2.66. The average Bonchev–Trinajstić information content (AvgIpc) is 3.24. The van der Waals surface area contributed by atoms with E-state index in [2.05, 4.69) is 33.3 Å². The van der Waals surface area contributed by atoms with Gasteiger partial charge in [-0.15, -0.1) is 0 Å². The number of benzene rings is 1. The fourth-order valence-corrected chi connectivity index (χ4v) is 3.83. The predicted molar refractivity (Wildman–Crippen MR) is 98.3 cm³/mol. The number of fused-ring (bicyclic) bond motifs is 1. The lowest BCUT2D eigenvalue weighted by molar-refractivity contribution is 0.0939. The molecule has 0 radical (unpaired) electrons. The van der Waals surface area contributed by atoms with Crippen molar-refractivity contribution in [2.45, 2.75) is 12.5 Å². The maximum Gasteiger partial charge on any atom is 0.267 e. The van der Waals surface area contributed by atoms with Gasteiger partial charge in [-0.1, -0.05) is 24.3 Å². The summed E-state index contributed by atoms with van der Waals surface area (Å²) in [5, 5.41) is 4.16. The number of para-hydroxylation sites is 1. The van der Waals surface area contributed by atoms with E-state index in [-0.39, 0.29) is 5.91 Å². The zero-order chi connectivity index (χ0) is 17.2. The van der Waals surface area contributed by atoms with E-state index in [9.17, 15) is 4.79 Å². The molecule has 0 saturated carbocycles. The molecule has 1 aliphatic rings. The van der Waals surface area contributed by atoms with Crippen LogP contribution in [0.15, 0.2) is 54.9 Å². The minimum atomic E-state index is -0.0457. The normalized spacial score (nSPS) is 20.8. The monoisotopic (exact) mass is 334 g/mol. The number of rotatable bonds is 4. The number of nitrogens with zero attached hydrogens (tertiary/aromatic N) is 2. The lowest BCUT2D eigenvalue weighted by Crippen LogP contribution is -2.32. The Balaban J connectivity index is 1.45. The van der Waals surface area contributed by atoms with Crippen molar-refractivity contribution >= 4 is 16.8 Å². The standard InChI is InChI=1S/C20H22N4O/c1-24-10-8-16(19(24)15-6-4-9-21-12-15)13-22-20(25)18-11-14-5-2-3-7-17(14)23-18/h2-7,9,11-12,16,19,23H,8,10,13H2,1H3,(H,22,25)/t16-,19-/m0/s1. The van der Waals surface area contributed by atoms with E-state index < -0.39 is 0 Å². The van der Waals surface area contributed by atoms with Gasteiger partial charge in [-0.05, 0) is 49.7 Å². The second-order valence-electron chi connectivity index (χ2n) is 6.74. The number of aromatic amines is 1. The van der Waals surface area contributed by atoms with Crippen molar-refractivity contribution in [1.29, 1.82) is 0 Å². The molecule has 3 heterocycles. The van der Waals surface area contributed by atoms with E-state index in [0.717, 1.165) is 23.9 Å². The highest BCUT2D eigenvalue weighted by Crippen LogP contribution is 2.35. The van der Waals surface area contributed by atoms with Crippen molar-refractivity contribution in [1.82, 2.24) is 20.2 Å². The van der Waals surface area contributed by atoms with Crippen LogP contribution in [-0.4, -0.2) is 40.9 Å². The molecule has 0 unspecified atom stereocenters. The highest BCUT2D eigenvalue weighted by molar-refractivity contribution is 5.97. The molecule has 5 heteroatoms. The molecular formula is C20H22N4O. The molecule has 25 heavy (non-hydrogen) atoms. The van der Waals surface area contributed by atoms with Gasteiger partial charge in [0.25, 0.3) is 5.91 Å². The molecule has 1 saturated heterocycles. The SMILES string of the molecule is CN1CC[C@@H](CNC(=O)c2cc3ccccc3[nH]2)[C@@H]1c1cccnc1. The molecular weight excluding hydrogens is 312 g/mol. The van der Waals surface area contributed by atoms with Crippen LogP contribution in [0.2, 0.25) is 0 Å². The molecule has 0 aliphatic carbocycles. The maximum absolute atomic E-state index is 12.5.